The number of hydrogen-bond donors (Lipinski definition) is 2. The molecule has 6 heterocycles. The van der Waals surface area contributed by atoms with E-state index in [1.807, 2.05) is 45.2 Å². The van der Waals surface area contributed by atoms with Gasteiger partial charge in [-0.1, -0.05) is 33.8 Å². The van der Waals surface area contributed by atoms with Crippen molar-refractivity contribution in [2.24, 2.45) is 23.2 Å². The third kappa shape index (κ3) is 8.05. The molecule has 1 aromatic carbocycles. The van der Waals surface area contributed by atoms with E-state index >= 15 is 0 Å². The first-order valence-corrected chi connectivity index (χ1v) is 21.4. The number of rotatable bonds is 9. The molecule has 312 valence electrons. The maximum absolute atomic E-state index is 14.6. The number of cyclic esters (lactones) is 1. The largest absolute Gasteiger partial charge is 0.464 e. The van der Waals surface area contributed by atoms with Crippen LogP contribution < -0.4 is 10.7 Å². The summed E-state index contributed by atoms with van der Waals surface area (Å²) in [5, 5.41) is 8.04. The molecule has 14 nitrogen and oxygen atoms in total. The average Bonchev–Trinajstić information content (AvgIpc) is 3.73. The fourth-order valence-electron chi connectivity index (χ4n) is 8.63. The quantitative estimate of drug-likeness (QED) is 0.153. The van der Waals surface area contributed by atoms with Crippen LogP contribution in [0.1, 0.15) is 88.7 Å². The standard InChI is InChI=1S/C44H53N7O7S/c1-8-56-39-37(48-40(52)35-24(2)25(35)3)42(53)51-17-10-12-31(49-51)43(54)58-23-44(5,6)20-30-29-19-27(32-22-59-41(39)47-32)13-14-33(29)50(21-34-45-16-18-57-34)38(30)28-11-9-15-46-36(28)26(4)55-7/h9,11,13-16,18-19,22,24-26,31,35,37,39,49H,8,10,12,17,20-21,23H2,1-7H3,(H,48,52)/t24-,25+,26-,31-,35+,37-,39-/m0/s1. The average molecular weight is 824 g/mol. The van der Waals surface area contributed by atoms with Crippen molar-refractivity contribution in [3.63, 3.8) is 0 Å². The molecule has 2 fully saturated rings. The van der Waals surface area contributed by atoms with Crippen LogP contribution in [0.2, 0.25) is 0 Å². The number of esters is 1. The Balaban J connectivity index is 1.31. The maximum Gasteiger partial charge on any atom is 0.324 e. The number of carbonyl (C=O) groups excluding carboxylic acids is 3. The van der Waals surface area contributed by atoms with Gasteiger partial charge in [0, 0.05) is 65.2 Å². The monoisotopic (exact) mass is 823 g/mol. The van der Waals surface area contributed by atoms with E-state index in [4.69, 9.17) is 28.6 Å². The van der Waals surface area contributed by atoms with Crippen molar-refractivity contribution in [2.75, 3.05) is 26.9 Å². The van der Waals surface area contributed by atoms with Crippen LogP contribution in [0.4, 0.5) is 0 Å². The summed E-state index contributed by atoms with van der Waals surface area (Å²) in [6, 6.07) is 8.43. The number of fused-ring (bicyclic) bond motifs is 6. The van der Waals surface area contributed by atoms with Crippen LogP contribution in [0.5, 0.6) is 0 Å². The zero-order chi connectivity index (χ0) is 41.6. The highest BCUT2D eigenvalue weighted by Crippen LogP contribution is 2.46. The molecule has 15 heteroatoms. The second-order valence-electron chi connectivity index (χ2n) is 16.8. The first-order chi connectivity index (χ1) is 28.4. The number of hydrogen-bond acceptors (Lipinski definition) is 12. The van der Waals surface area contributed by atoms with E-state index in [2.05, 4.69) is 52.3 Å². The maximum atomic E-state index is 14.6. The molecule has 6 bridgehead atoms. The predicted molar refractivity (Wildman–Crippen MR) is 222 cm³/mol. The van der Waals surface area contributed by atoms with Gasteiger partial charge in [0.15, 0.2) is 0 Å². The zero-order valence-electron chi connectivity index (χ0n) is 34.7. The van der Waals surface area contributed by atoms with Crippen LogP contribution in [0.15, 0.2) is 58.8 Å². The normalized spacial score (nSPS) is 25.0. The van der Waals surface area contributed by atoms with Gasteiger partial charge in [0.05, 0.1) is 42.5 Å². The van der Waals surface area contributed by atoms with E-state index in [1.165, 1.54) is 16.3 Å². The van der Waals surface area contributed by atoms with Gasteiger partial charge in [0.1, 0.15) is 29.5 Å². The topological polar surface area (TPSA) is 163 Å². The molecular formula is C44H53N7O7S. The molecule has 4 aromatic heterocycles. The van der Waals surface area contributed by atoms with E-state index in [0.717, 1.165) is 39.0 Å². The third-order valence-electron chi connectivity index (χ3n) is 12.2. The summed E-state index contributed by atoms with van der Waals surface area (Å²) in [5.74, 6) is -0.273. The molecule has 5 aromatic rings. The summed E-state index contributed by atoms with van der Waals surface area (Å²) in [6.45, 7) is 13.2. The first kappa shape index (κ1) is 40.8. The lowest BCUT2D eigenvalue weighted by molar-refractivity contribution is -0.156. The van der Waals surface area contributed by atoms with Crippen molar-refractivity contribution in [1.82, 2.24) is 35.3 Å². The number of nitrogens with zero attached hydrogens (tertiary/aromatic N) is 5. The molecule has 1 aliphatic carbocycles. The summed E-state index contributed by atoms with van der Waals surface area (Å²) in [6.07, 6.45) is 5.39. The summed E-state index contributed by atoms with van der Waals surface area (Å²) in [4.78, 5) is 56.6. The van der Waals surface area contributed by atoms with Crippen molar-refractivity contribution >= 4 is 40.0 Å². The summed E-state index contributed by atoms with van der Waals surface area (Å²) in [7, 11) is 1.67. The number of nitrogens with one attached hydrogen (secondary N) is 2. The second-order valence-corrected chi connectivity index (χ2v) is 17.7. The molecule has 1 saturated heterocycles. The Labute approximate surface area is 348 Å². The highest BCUT2D eigenvalue weighted by Gasteiger charge is 2.50. The number of carbonyl (C=O) groups is 3. The van der Waals surface area contributed by atoms with Gasteiger partial charge in [-0.25, -0.2) is 15.4 Å². The lowest BCUT2D eigenvalue weighted by Crippen LogP contribution is -2.61. The third-order valence-corrected chi connectivity index (χ3v) is 13.1. The lowest BCUT2D eigenvalue weighted by Gasteiger charge is -2.37. The molecule has 0 unspecified atom stereocenters. The van der Waals surface area contributed by atoms with Crippen LogP contribution in [0, 0.1) is 23.2 Å². The van der Waals surface area contributed by atoms with Crippen molar-refractivity contribution in [3.8, 4) is 22.5 Å². The van der Waals surface area contributed by atoms with Gasteiger partial charge in [-0.15, -0.1) is 11.3 Å². The predicted octanol–water partition coefficient (Wildman–Crippen LogP) is 6.66. The van der Waals surface area contributed by atoms with Crippen LogP contribution in [-0.4, -0.2) is 81.3 Å². The van der Waals surface area contributed by atoms with Gasteiger partial charge in [-0.3, -0.25) is 24.4 Å². The Hall–Kier alpha value is -4.96. The number of methoxy groups -OCH3 is 1. The highest BCUT2D eigenvalue weighted by atomic mass is 32.1. The van der Waals surface area contributed by atoms with Gasteiger partial charge in [-0.05, 0) is 74.8 Å². The number of hydrazine groups is 1. The number of benzene rings is 1. The number of amides is 2. The summed E-state index contributed by atoms with van der Waals surface area (Å²) < 4.78 is 26.3. The van der Waals surface area contributed by atoms with Gasteiger partial charge < -0.3 is 28.5 Å². The van der Waals surface area contributed by atoms with Gasteiger partial charge in [-0.2, -0.15) is 0 Å². The number of oxazole rings is 1. The lowest BCUT2D eigenvalue weighted by atomic mass is 9.84. The van der Waals surface area contributed by atoms with E-state index in [1.54, 1.807) is 25.8 Å². The van der Waals surface area contributed by atoms with Crippen molar-refractivity contribution in [3.05, 3.63) is 76.5 Å². The Morgan fingerprint density at radius 2 is 1.97 bits per heavy atom. The molecule has 59 heavy (non-hydrogen) atoms. The number of thiazole rings is 1. The van der Waals surface area contributed by atoms with E-state index in [-0.39, 0.29) is 43.0 Å². The minimum atomic E-state index is -1.09. The Morgan fingerprint density at radius 3 is 2.69 bits per heavy atom. The molecule has 8 rings (SSSR count). The Bertz CT molecular complexity index is 2330. The SMILES string of the molecule is CCO[C@@H]1c2nc(cs2)-c2ccc3c(c2)c(c(-c2cccnc2[C@H](C)OC)n3Cc2ncco2)CC(C)(C)COC(=O)[C@@H]2CCCN(N2)C(=O)[C@H]1NC(=O)[C@H]1[C@H](C)[C@@H]1C. The molecule has 0 radical (unpaired) electrons. The number of pyridine rings is 1. The molecule has 2 amide bonds. The smallest absolute Gasteiger partial charge is 0.324 e. The molecule has 3 aliphatic rings. The first-order valence-electron chi connectivity index (χ1n) is 20.5. The number of ether oxygens (including phenoxy) is 3. The molecular weight excluding hydrogens is 771 g/mol. The summed E-state index contributed by atoms with van der Waals surface area (Å²) >= 11 is 1.39. The second kappa shape index (κ2) is 16.6. The van der Waals surface area contributed by atoms with Gasteiger partial charge in [0.25, 0.3) is 5.91 Å². The van der Waals surface area contributed by atoms with Crippen LogP contribution in [0.3, 0.4) is 0 Å². The molecule has 7 atom stereocenters. The van der Waals surface area contributed by atoms with Crippen LogP contribution >= 0.6 is 11.3 Å². The van der Waals surface area contributed by atoms with Crippen molar-refractivity contribution in [2.45, 2.75) is 91.6 Å². The Morgan fingerprint density at radius 1 is 1.15 bits per heavy atom. The fraction of sp³-hybridized carbons (Fsp3) is 0.500. The van der Waals surface area contributed by atoms with Crippen LogP contribution in [-0.2, 0) is 41.6 Å². The van der Waals surface area contributed by atoms with Crippen molar-refractivity contribution < 1.29 is 33.0 Å². The van der Waals surface area contributed by atoms with E-state index < -0.39 is 35.5 Å². The Kier molecular flexibility index (Phi) is 11.5. The molecule has 2 aliphatic heterocycles. The van der Waals surface area contributed by atoms with E-state index in [0.29, 0.717) is 48.9 Å². The fourth-order valence-corrected chi connectivity index (χ4v) is 9.54. The van der Waals surface area contributed by atoms with Gasteiger partial charge in [0.2, 0.25) is 11.8 Å². The minimum Gasteiger partial charge on any atom is -0.464 e. The molecule has 1 saturated carbocycles. The highest BCUT2D eigenvalue weighted by molar-refractivity contribution is 7.10. The van der Waals surface area contributed by atoms with E-state index in [9.17, 15) is 14.4 Å². The number of aromatic nitrogens is 4. The summed E-state index contributed by atoms with van der Waals surface area (Å²) in [5.41, 5.74) is 8.81. The van der Waals surface area contributed by atoms with Crippen LogP contribution in [0.25, 0.3) is 33.4 Å². The zero-order valence-corrected chi connectivity index (χ0v) is 35.5. The van der Waals surface area contributed by atoms with Crippen molar-refractivity contribution in [1.29, 1.82) is 0 Å². The molecule has 2 N–H and O–H groups in total. The molecule has 0 spiro atoms. The minimum absolute atomic E-state index is 0.121. The van der Waals surface area contributed by atoms with Gasteiger partial charge >= 0.3 is 5.97 Å².